The Morgan fingerprint density at radius 3 is 1.84 bits per heavy atom. The predicted octanol–water partition coefficient (Wildman–Crippen LogP) is 6.09. The van der Waals surface area contributed by atoms with Gasteiger partial charge in [0.1, 0.15) is 0 Å². The van der Waals surface area contributed by atoms with Crippen LogP contribution in [0.3, 0.4) is 0 Å². The van der Waals surface area contributed by atoms with Gasteiger partial charge in [-0.3, -0.25) is 0 Å². The van der Waals surface area contributed by atoms with Gasteiger partial charge in [0.05, 0.1) is 22.1 Å². The molecule has 0 saturated heterocycles. The van der Waals surface area contributed by atoms with Gasteiger partial charge in [0.15, 0.2) is 0 Å². The van der Waals surface area contributed by atoms with E-state index >= 15 is 0 Å². The van der Waals surface area contributed by atoms with Crippen LogP contribution in [0.5, 0.6) is 0 Å². The smallest absolute Gasteiger partial charge is 0.0803 e. The molecule has 0 aliphatic carbocycles. The molecule has 0 unspecified atom stereocenters. The van der Waals surface area contributed by atoms with Gasteiger partial charge in [-0.05, 0) is 79.5 Å². The third kappa shape index (κ3) is 4.16. The first kappa shape index (κ1) is 20.8. The molecule has 2 heterocycles. The molecule has 0 aliphatic rings. The molecule has 5 rings (SSSR count). The SMILES string of the molecule is CCCNCc1ccc2nc3ccc4cc5cc(CNCCC)ccc5nc4c3cc2c1. The van der Waals surface area contributed by atoms with Gasteiger partial charge >= 0.3 is 0 Å². The summed E-state index contributed by atoms with van der Waals surface area (Å²) in [6.45, 7) is 8.23. The van der Waals surface area contributed by atoms with Crippen LogP contribution in [0, 0.1) is 0 Å². The molecule has 32 heavy (non-hydrogen) atoms. The largest absolute Gasteiger partial charge is 0.313 e. The van der Waals surface area contributed by atoms with Crippen molar-refractivity contribution in [3.8, 4) is 0 Å². The van der Waals surface area contributed by atoms with Crippen molar-refractivity contribution in [2.45, 2.75) is 39.8 Å². The topological polar surface area (TPSA) is 49.8 Å². The van der Waals surface area contributed by atoms with Gasteiger partial charge in [-0.2, -0.15) is 0 Å². The number of rotatable bonds is 8. The van der Waals surface area contributed by atoms with Crippen LogP contribution in [0.2, 0.25) is 0 Å². The Bertz CT molecular complexity index is 1410. The number of fused-ring (bicyclic) bond motifs is 5. The first-order chi connectivity index (χ1) is 15.7. The normalized spacial score (nSPS) is 11.8. The van der Waals surface area contributed by atoms with Gasteiger partial charge in [0.2, 0.25) is 0 Å². The van der Waals surface area contributed by atoms with E-state index in [1.54, 1.807) is 0 Å². The Morgan fingerprint density at radius 2 is 1.19 bits per heavy atom. The minimum Gasteiger partial charge on any atom is -0.313 e. The summed E-state index contributed by atoms with van der Waals surface area (Å²) >= 11 is 0. The van der Waals surface area contributed by atoms with Gasteiger partial charge in [0, 0.05) is 34.6 Å². The molecule has 0 aliphatic heterocycles. The fraction of sp³-hybridized carbons (Fsp3) is 0.286. The van der Waals surface area contributed by atoms with Crippen LogP contribution < -0.4 is 10.6 Å². The minimum absolute atomic E-state index is 0.885. The summed E-state index contributed by atoms with van der Waals surface area (Å²) in [5, 5.41) is 11.6. The summed E-state index contributed by atoms with van der Waals surface area (Å²) < 4.78 is 0. The predicted molar refractivity (Wildman–Crippen MR) is 136 cm³/mol. The molecule has 0 fully saturated rings. The molecule has 0 atom stereocenters. The second-order valence-corrected chi connectivity index (χ2v) is 8.59. The lowest BCUT2D eigenvalue weighted by Gasteiger charge is -2.10. The summed E-state index contributed by atoms with van der Waals surface area (Å²) in [6, 6.07) is 21.9. The molecule has 0 radical (unpaired) electrons. The molecule has 5 aromatic rings. The molecule has 2 aromatic heterocycles. The second kappa shape index (κ2) is 9.19. The Hall–Kier alpha value is -3.08. The number of benzene rings is 3. The van der Waals surface area contributed by atoms with Gasteiger partial charge in [-0.1, -0.05) is 32.0 Å². The Morgan fingerprint density at radius 1 is 0.594 bits per heavy atom. The fourth-order valence-electron chi connectivity index (χ4n) is 4.35. The lowest BCUT2D eigenvalue weighted by Crippen LogP contribution is -2.13. The fourth-order valence-corrected chi connectivity index (χ4v) is 4.35. The highest BCUT2D eigenvalue weighted by Crippen LogP contribution is 2.29. The van der Waals surface area contributed by atoms with Crippen LogP contribution in [-0.2, 0) is 13.1 Å². The maximum Gasteiger partial charge on any atom is 0.0803 e. The average molecular weight is 423 g/mol. The maximum absolute atomic E-state index is 5.06. The van der Waals surface area contributed by atoms with Crippen LogP contribution in [0.4, 0.5) is 0 Å². The van der Waals surface area contributed by atoms with E-state index in [1.165, 1.54) is 21.9 Å². The highest BCUT2D eigenvalue weighted by Gasteiger charge is 2.08. The van der Waals surface area contributed by atoms with E-state index in [2.05, 4.69) is 85.1 Å². The second-order valence-electron chi connectivity index (χ2n) is 8.59. The summed E-state index contributed by atoms with van der Waals surface area (Å²) in [6.07, 6.45) is 2.29. The minimum atomic E-state index is 0.885. The number of pyridine rings is 2. The molecular weight excluding hydrogens is 392 g/mol. The van der Waals surface area contributed by atoms with Crippen molar-refractivity contribution in [1.82, 2.24) is 20.6 Å². The van der Waals surface area contributed by atoms with Crippen LogP contribution in [-0.4, -0.2) is 23.1 Å². The van der Waals surface area contributed by atoms with Crippen LogP contribution in [0.1, 0.15) is 37.8 Å². The monoisotopic (exact) mass is 422 g/mol. The Kier molecular flexibility index (Phi) is 5.97. The zero-order chi connectivity index (χ0) is 21.9. The zero-order valence-corrected chi connectivity index (χ0v) is 18.9. The molecule has 4 nitrogen and oxygen atoms in total. The molecular formula is C28H30N4. The summed E-state index contributed by atoms with van der Waals surface area (Å²) in [4.78, 5) is 9.99. The van der Waals surface area contributed by atoms with E-state index in [1.807, 2.05) is 0 Å². The van der Waals surface area contributed by atoms with Crippen LogP contribution in [0.15, 0.2) is 60.7 Å². The summed E-state index contributed by atoms with van der Waals surface area (Å²) in [7, 11) is 0. The Labute approximate surface area is 189 Å². The number of hydrogen-bond acceptors (Lipinski definition) is 4. The van der Waals surface area contributed by atoms with Crippen molar-refractivity contribution in [3.05, 3.63) is 71.8 Å². The highest BCUT2D eigenvalue weighted by atomic mass is 14.8. The number of hydrogen-bond donors (Lipinski definition) is 2. The van der Waals surface area contributed by atoms with Crippen molar-refractivity contribution in [3.63, 3.8) is 0 Å². The summed E-state index contributed by atoms with van der Waals surface area (Å²) in [5.74, 6) is 0. The first-order valence-electron chi connectivity index (χ1n) is 11.7. The maximum atomic E-state index is 5.06. The Balaban J connectivity index is 1.58. The number of aromatic nitrogens is 2. The van der Waals surface area contributed by atoms with Crippen molar-refractivity contribution in [2.24, 2.45) is 0 Å². The first-order valence-corrected chi connectivity index (χ1v) is 11.7. The number of nitrogens with zero attached hydrogens (tertiary/aromatic N) is 2. The summed E-state index contributed by atoms with van der Waals surface area (Å²) in [5.41, 5.74) is 6.66. The van der Waals surface area contributed by atoms with Crippen molar-refractivity contribution < 1.29 is 0 Å². The van der Waals surface area contributed by atoms with Crippen LogP contribution >= 0.6 is 0 Å². The standard InChI is InChI=1S/C28H30N4/c1-3-11-29-17-19-6-9-26-22(13-19)15-21-7-10-27-24(28(21)32-26)16-23-14-20(18-30-12-4-2)5-8-25(23)31-27/h5-10,13-16,29-30H,3-4,11-12,17-18H2,1-2H3. The molecule has 4 heteroatoms. The van der Waals surface area contributed by atoms with Crippen LogP contribution in [0.25, 0.3) is 43.6 Å². The van der Waals surface area contributed by atoms with Crippen molar-refractivity contribution >= 4 is 43.6 Å². The highest BCUT2D eigenvalue weighted by molar-refractivity contribution is 6.10. The molecule has 0 spiro atoms. The average Bonchev–Trinajstić information content (AvgIpc) is 2.82. The van der Waals surface area contributed by atoms with E-state index in [-0.39, 0.29) is 0 Å². The lowest BCUT2D eigenvalue weighted by atomic mass is 10.0. The van der Waals surface area contributed by atoms with E-state index in [4.69, 9.17) is 9.97 Å². The van der Waals surface area contributed by atoms with E-state index in [9.17, 15) is 0 Å². The molecule has 2 N–H and O–H groups in total. The van der Waals surface area contributed by atoms with Gasteiger partial charge in [0.25, 0.3) is 0 Å². The molecule has 162 valence electrons. The van der Waals surface area contributed by atoms with E-state index < -0.39 is 0 Å². The molecule has 3 aromatic carbocycles. The molecule has 0 bridgehead atoms. The number of nitrogens with one attached hydrogen (secondary N) is 2. The third-order valence-electron chi connectivity index (χ3n) is 6.00. The quantitative estimate of drug-likeness (QED) is 0.180. The lowest BCUT2D eigenvalue weighted by molar-refractivity contribution is 0.676. The van der Waals surface area contributed by atoms with Crippen molar-refractivity contribution in [1.29, 1.82) is 0 Å². The molecule has 0 amide bonds. The zero-order valence-electron chi connectivity index (χ0n) is 18.9. The van der Waals surface area contributed by atoms with Crippen molar-refractivity contribution in [2.75, 3.05) is 13.1 Å². The third-order valence-corrected chi connectivity index (χ3v) is 6.00. The van der Waals surface area contributed by atoms with E-state index in [0.29, 0.717) is 0 Å². The van der Waals surface area contributed by atoms with Gasteiger partial charge in [-0.25, -0.2) is 9.97 Å². The van der Waals surface area contributed by atoms with E-state index in [0.717, 1.165) is 71.9 Å². The van der Waals surface area contributed by atoms with Gasteiger partial charge < -0.3 is 10.6 Å². The molecule has 0 saturated carbocycles. The van der Waals surface area contributed by atoms with Gasteiger partial charge in [-0.15, -0.1) is 0 Å².